The third kappa shape index (κ3) is 4.02. The van der Waals surface area contributed by atoms with E-state index in [1.54, 1.807) is 23.6 Å². The Morgan fingerprint density at radius 3 is 2.70 bits per heavy atom. The summed E-state index contributed by atoms with van der Waals surface area (Å²) in [7, 11) is 0. The van der Waals surface area contributed by atoms with Crippen molar-refractivity contribution in [2.45, 2.75) is 12.6 Å². The van der Waals surface area contributed by atoms with E-state index in [0.29, 0.717) is 16.9 Å². The van der Waals surface area contributed by atoms with Crippen LogP contribution in [0.1, 0.15) is 28.2 Å². The molecule has 5 heterocycles. The number of hydrogen-bond donors (Lipinski definition) is 1. The van der Waals surface area contributed by atoms with E-state index in [2.05, 4.69) is 15.0 Å². The zero-order valence-electron chi connectivity index (χ0n) is 17.0. The summed E-state index contributed by atoms with van der Waals surface area (Å²) in [5.41, 5.74) is 0.125. The van der Waals surface area contributed by atoms with Gasteiger partial charge in [-0.25, -0.2) is 9.37 Å². The summed E-state index contributed by atoms with van der Waals surface area (Å²) >= 11 is 1.29. The first-order valence-corrected chi connectivity index (χ1v) is 10.9. The number of halogens is 4. The summed E-state index contributed by atoms with van der Waals surface area (Å²) in [5, 5.41) is 1.76. The van der Waals surface area contributed by atoms with Crippen LogP contribution >= 0.6 is 11.3 Å². The average Bonchev–Trinajstić information content (AvgIpc) is 3.48. The highest BCUT2D eigenvalue weighted by atomic mass is 32.1. The van der Waals surface area contributed by atoms with E-state index in [0.717, 1.165) is 6.07 Å². The van der Waals surface area contributed by atoms with Crippen molar-refractivity contribution in [2.75, 3.05) is 13.1 Å². The fraction of sp³-hybridized carbons (Fsp3) is 0.174. The maximum Gasteiger partial charge on any atom is 0.418 e. The lowest BCUT2D eigenvalue weighted by Crippen LogP contribution is -2.35. The van der Waals surface area contributed by atoms with Gasteiger partial charge >= 0.3 is 6.18 Å². The van der Waals surface area contributed by atoms with Gasteiger partial charge in [-0.1, -0.05) is 12.1 Å². The monoisotopic (exact) mass is 472 g/mol. The number of nitrogens with zero attached hydrogens (tertiary/aromatic N) is 3. The molecule has 0 unspecified atom stereocenters. The van der Waals surface area contributed by atoms with Gasteiger partial charge in [0.1, 0.15) is 17.2 Å². The molecule has 0 atom stereocenters. The SMILES string of the molecule is O=C(c1cc2nc(-c3cccs3)cc(C(F)(F)F)c2[nH]1)N1CC=C(c2ncccc2F)CC1. The molecule has 5 rings (SSSR count). The summed E-state index contributed by atoms with van der Waals surface area (Å²) in [6.07, 6.45) is -1.02. The first kappa shape index (κ1) is 21.3. The lowest BCUT2D eigenvalue weighted by molar-refractivity contribution is -0.136. The van der Waals surface area contributed by atoms with Gasteiger partial charge in [0.05, 0.1) is 27.2 Å². The smallest absolute Gasteiger partial charge is 0.349 e. The van der Waals surface area contributed by atoms with Crippen molar-refractivity contribution in [3.05, 3.63) is 76.8 Å². The van der Waals surface area contributed by atoms with Crippen LogP contribution in [0.3, 0.4) is 0 Å². The molecule has 0 saturated heterocycles. The summed E-state index contributed by atoms with van der Waals surface area (Å²) in [6.45, 7) is 0.482. The number of alkyl halides is 3. The zero-order valence-corrected chi connectivity index (χ0v) is 17.8. The number of aromatic nitrogens is 3. The third-order valence-electron chi connectivity index (χ3n) is 5.46. The van der Waals surface area contributed by atoms with E-state index >= 15 is 0 Å². The minimum absolute atomic E-state index is 0.0206. The maximum absolute atomic E-state index is 14.0. The van der Waals surface area contributed by atoms with Gasteiger partial charge in [0.25, 0.3) is 5.91 Å². The Hall–Kier alpha value is -3.53. The van der Waals surface area contributed by atoms with Gasteiger partial charge < -0.3 is 9.88 Å². The van der Waals surface area contributed by atoms with E-state index in [9.17, 15) is 22.4 Å². The molecule has 0 aromatic carbocycles. The van der Waals surface area contributed by atoms with Crippen molar-refractivity contribution in [2.24, 2.45) is 0 Å². The highest BCUT2D eigenvalue weighted by Crippen LogP contribution is 2.37. The van der Waals surface area contributed by atoms with Crippen molar-refractivity contribution in [1.29, 1.82) is 0 Å². The molecule has 0 fully saturated rings. The number of nitrogens with one attached hydrogen (secondary N) is 1. The minimum Gasteiger partial charge on any atom is -0.349 e. The Bertz CT molecular complexity index is 1380. The number of rotatable bonds is 3. The molecule has 1 aliphatic rings. The standard InChI is InChI=1S/C23H16F4N4OS/c24-15-3-1-7-28-20(15)13-5-8-31(9-6-13)22(32)18-12-17-21(30-18)14(23(25,26)27)11-16(29-17)19-4-2-10-33-19/h1-5,7,10-12,30H,6,8-9H2. The van der Waals surface area contributed by atoms with Gasteiger partial charge in [-0.15, -0.1) is 11.3 Å². The highest BCUT2D eigenvalue weighted by molar-refractivity contribution is 7.13. The van der Waals surface area contributed by atoms with Crippen LogP contribution in [0.5, 0.6) is 0 Å². The van der Waals surface area contributed by atoms with Crippen LogP contribution < -0.4 is 0 Å². The molecule has 0 bridgehead atoms. The normalized spacial score (nSPS) is 14.5. The molecular formula is C23H16F4N4OS. The molecule has 0 saturated carbocycles. The van der Waals surface area contributed by atoms with E-state index in [1.165, 1.54) is 40.6 Å². The first-order valence-electron chi connectivity index (χ1n) is 10.1. The number of fused-ring (bicyclic) bond motifs is 1. The van der Waals surface area contributed by atoms with E-state index in [4.69, 9.17) is 0 Å². The van der Waals surface area contributed by atoms with Crippen LogP contribution in [-0.2, 0) is 6.18 Å². The van der Waals surface area contributed by atoms with Crippen LogP contribution in [0, 0.1) is 5.82 Å². The average molecular weight is 472 g/mol. The number of carbonyl (C=O) groups excluding carboxylic acids is 1. The maximum atomic E-state index is 14.0. The Kier molecular flexibility index (Phi) is 5.24. The van der Waals surface area contributed by atoms with Gasteiger partial charge in [-0.05, 0) is 47.7 Å². The Labute approximate surface area is 189 Å². The van der Waals surface area contributed by atoms with Crippen molar-refractivity contribution >= 4 is 33.9 Å². The molecule has 1 aliphatic heterocycles. The molecule has 0 aliphatic carbocycles. The van der Waals surface area contributed by atoms with E-state index in [1.807, 2.05) is 0 Å². The molecule has 168 valence electrons. The van der Waals surface area contributed by atoms with Crippen LogP contribution in [0.2, 0.25) is 0 Å². The first-order chi connectivity index (χ1) is 15.8. The van der Waals surface area contributed by atoms with Crippen molar-refractivity contribution in [3.63, 3.8) is 0 Å². The molecule has 4 aromatic heterocycles. The number of hydrogen-bond acceptors (Lipinski definition) is 4. The van der Waals surface area contributed by atoms with Gasteiger partial charge in [0.15, 0.2) is 0 Å². The molecular weight excluding hydrogens is 456 g/mol. The molecule has 4 aromatic rings. The molecule has 10 heteroatoms. The fourth-order valence-corrected chi connectivity index (χ4v) is 4.54. The molecule has 0 spiro atoms. The molecule has 5 nitrogen and oxygen atoms in total. The Morgan fingerprint density at radius 1 is 1.18 bits per heavy atom. The van der Waals surface area contributed by atoms with E-state index < -0.39 is 23.5 Å². The van der Waals surface area contributed by atoms with Gasteiger partial charge in [0, 0.05) is 19.3 Å². The predicted molar refractivity (Wildman–Crippen MR) is 117 cm³/mol. The number of H-pyrrole nitrogens is 1. The lowest BCUT2D eigenvalue weighted by atomic mass is 10.0. The Morgan fingerprint density at radius 2 is 2.03 bits per heavy atom. The number of thiophene rings is 1. The summed E-state index contributed by atoms with van der Waals surface area (Å²) in [4.78, 5) is 26.1. The fourth-order valence-electron chi connectivity index (χ4n) is 3.86. The van der Waals surface area contributed by atoms with Crippen molar-refractivity contribution in [1.82, 2.24) is 19.9 Å². The lowest BCUT2D eigenvalue weighted by Gasteiger charge is -2.26. The molecule has 33 heavy (non-hydrogen) atoms. The van der Waals surface area contributed by atoms with Gasteiger partial charge in [-0.2, -0.15) is 13.2 Å². The predicted octanol–water partition coefficient (Wildman–Crippen LogP) is 5.77. The minimum atomic E-state index is -4.62. The number of aromatic amines is 1. The molecule has 1 amide bonds. The van der Waals surface area contributed by atoms with Gasteiger partial charge in [0.2, 0.25) is 0 Å². The number of amides is 1. The number of carbonyl (C=O) groups is 1. The van der Waals surface area contributed by atoms with Crippen LogP contribution in [-0.4, -0.2) is 38.8 Å². The molecule has 0 radical (unpaired) electrons. The molecule has 1 N–H and O–H groups in total. The largest absolute Gasteiger partial charge is 0.418 e. The second kappa shape index (κ2) is 8.11. The topological polar surface area (TPSA) is 61.9 Å². The van der Waals surface area contributed by atoms with Gasteiger partial charge in [-0.3, -0.25) is 9.78 Å². The third-order valence-corrected chi connectivity index (χ3v) is 6.35. The summed E-state index contributed by atoms with van der Waals surface area (Å²) < 4.78 is 55.3. The summed E-state index contributed by atoms with van der Waals surface area (Å²) in [5.74, 6) is -0.887. The highest BCUT2D eigenvalue weighted by Gasteiger charge is 2.35. The van der Waals surface area contributed by atoms with E-state index in [-0.39, 0.29) is 41.2 Å². The zero-order chi connectivity index (χ0) is 23.2. The van der Waals surface area contributed by atoms with Crippen molar-refractivity contribution < 1.29 is 22.4 Å². The van der Waals surface area contributed by atoms with Crippen LogP contribution in [0.15, 0.2) is 54.1 Å². The van der Waals surface area contributed by atoms with Crippen LogP contribution in [0.4, 0.5) is 17.6 Å². The summed E-state index contributed by atoms with van der Waals surface area (Å²) in [6, 6.07) is 8.60. The van der Waals surface area contributed by atoms with Crippen LogP contribution in [0.25, 0.3) is 27.2 Å². The Balaban J connectivity index is 1.47. The number of pyridine rings is 2. The second-order valence-electron chi connectivity index (χ2n) is 7.54. The van der Waals surface area contributed by atoms with Crippen molar-refractivity contribution in [3.8, 4) is 10.6 Å². The quantitative estimate of drug-likeness (QED) is 0.385. The second-order valence-corrected chi connectivity index (χ2v) is 8.49.